The van der Waals surface area contributed by atoms with Crippen molar-refractivity contribution in [2.24, 2.45) is 0 Å². The molecule has 2 rings (SSSR count). The minimum absolute atomic E-state index is 0.117. The molecular formula is C15H20N2O6. The first-order valence-corrected chi connectivity index (χ1v) is 7.77. The largest absolute Gasteiger partial charge is 0.450 e. The zero-order valence-electron chi connectivity index (χ0n) is 12.8. The summed E-state index contributed by atoms with van der Waals surface area (Å²) in [5.74, 6) is -2.11. The first kappa shape index (κ1) is 17.0. The van der Waals surface area contributed by atoms with Crippen LogP contribution in [-0.2, 0) is 9.53 Å². The number of rotatable bonds is 5. The number of nitrogens with zero attached hydrogens (tertiary/aromatic N) is 1. The number of carbonyl (C=O) groups is 2. The number of hydrogen-bond donors (Lipinski definition) is 1. The fourth-order valence-electron chi connectivity index (χ4n) is 2.61. The van der Waals surface area contributed by atoms with Crippen LogP contribution in [0.25, 0.3) is 0 Å². The molecule has 0 spiro atoms. The Balaban J connectivity index is 1.76. The van der Waals surface area contributed by atoms with Gasteiger partial charge in [-0.3, -0.25) is 14.9 Å². The Labute approximate surface area is 133 Å². The lowest BCUT2D eigenvalue weighted by Crippen LogP contribution is -2.38. The second kappa shape index (κ2) is 8.30. The number of nitrogens with one attached hydrogen (secondary N) is 1. The molecule has 0 bridgehead atoms. The molecule has 126 valence electrons. The van der Waals surface area contributed by atoms with Crippen molar-refractivity contribution >= 4 is 17.8 Å². The average Bonchev–Trinajstić information content (AvgIpc) is 2.97. The molecule has 1 aromatic heterocycles. The third-order valence-electron chi connectivity index (χ3n) is 3.78. The smallest absolute Gasteiger partial charge is 0.433 e. The Morgan fingerprint density at radius 3 is 2.48 bits per heavy atom. The quantitative estimate of drug-likeness (QED) is 0.506. The fraction of sp³-hybridized carbons (Fsp3) is 0.600. The summed E-state index contributed by atoms with van der Waals surface area (Å²) in [6, 6.07) is 2.32. The lowest BCUT2D eigenvalue weighted by Gasteiger charge is -2.20. The molecule has 0 radical (unpaired) electrons. The maximum Gasteiger partial charge on any atom is 0.433 e. The van der Waals surface area contributed by atoms with Gasteiger partial charge < -0.3 is 14.5 Å². The van der Waals surface area contributed by atoms with E-state index in [0.717, 1.165) is 37.8 Å². The molecule has 1 N–H and O–H groups in total. The highest BCUT2D eigenvalue weighted by molar-refractivity contribution is 5.89. The van der Waals surface area contributed by atoms with Crippen LogP contribution in [-0.4, -0.2) is 29.4 Å². The third kappa shape index (κ3) is 5.39. The average molecular weight is 324 g/mol. The number of amides is 1. The molecule has 1 aliphatic carbocycles. The van der Waals surface area contributed by atoms with Crippen molar-refractivity contribution in [3.05, 3.63) is 28.0 Å². The van der Waals surface area contributed by atoms with Crippen molar-refractivity contribution in [3.8, 4) is 0 Å². The van der Waals surface area contributed by atoms with Crippen LogP contribution < -0.4 is 5.32 Å². The molecule has 1 aromatic rings. The molecule has 0 aromatic carbocycles. The molecule has 0 atom stereocenters. The molecule has 0 unspecified atom stereocenters. The minimum atomic E-state index is -0.897. The standard InChI is InChI=1S/C15H20N2O6/c18-13(16-11-6-4-2-1-3-5-7-11)10-22-15(19)12-8-9-14(23-12)17(20)21/h8-9,11H,1-7,10H2,(H,16,18). The van der Waals surface area contributed by atoms with Gasteiger partial charge in [-0.25, -0.2) is 4.79 Å². The van der Waals surface area contributed by atoms with Crippen LogP contribution in [0, 0.1) is 10.1 Å². The highest BCUT2D eigenvalue weighted by Crippen LogP contribution is 2.18. The SMILES string of the molecule is O=C(COC(=O)c1ccc([N+](=O)[O-])o1)NC1CCCCCCC1. The van der Waals surface area contributed by atoms with Crippen LogP contribution in [0.4, 0.5) is 5.88 Å². The summed E-state index contributed by atoms with van der Waals surface area (Å²) in [7, 11) is 0. The van der Waals surface area contributed by atoms with Gasteiger partial charge in [0.15, 0.2) is 6.61 Å². The van der Waals surface area contributed by atoms with Gasteiger partial charge in [0.1, 0.15) is 4.92 Å². The Bertz CT molecular complexity index is 560. The predicted octanol–water partition coefficient (Wildman–Crippen LogP) is 2.57. The predicted molar refractivity (Wildman–Crippen MR) is 79.9 cm³/mol. The Kier molecular flexibility index (Phi) is 6.13. The molecule has 0 saturated heterocycles. The molecule has 8 nitrogen and oxygen atoms in total. The number of ether oxygens (including phenoxy) is 1. The third-order valence-corrected chi connectivity index (χ3v) is 3.78. The number of esters is 1. The van der Waals surface area contributed by atoms with E-state index in [2.05, 4.69) is 5.32 Å². The van der Waals surface area contributed by atoms with Crippen molar-refractivity contribution in [1.29, 1.82) is 0 Å². The van der Waals surface area contributed by atoms with E-state index in [-0.39, 0.29) is 17.7 Å². The van der Waals surface area contributed by atoms with Gasteiger partial charge >= 0.3 is 11.9 Å². The Morgan fingerprint density at radius 1 is 1.22 bits per heavy atom. The van der Waals surface area contributed by atoms with Crippen molar-refractivity contribution in [1.82, 2.24) is 5.32 Å². The van der Waals surface area contributed by atoms with Gasteiger partial charge in [-0.2, -0.15) is 0 Å². The molecule has 1 amide bonds. The first-order chi connectivity index (χ1) is 11.1. The normalized spacial score (nSPS) is 16.2. The second-order valence-corrected chi connectivity index (χ2v) is 5.58. The molecule has 1 aliphatic rings. The fourth-order valence-corrected chi connectivity index (χ4v) is 2.61. The topological polar surface area (TPSA) is 112 Å². The molecular weight excluding hydrogens is 304 g/mol. The Morgan fingerprint density at radius 2 is 1.87 bits per heavy atom. The van der Waals surface area contributed by atoms with E-state index in [0.29, 0.717) is 0 Å². The molecule has 1 saturated carbocycles. The molecule has 1 fully saturated rings. The summed E-state index contributed by atoms with van der Waals surface area (Å²) in [5.41, 5.74) is 0. The molecule has 8 heteroatoms. The lowest BCUT2D eigenvalue weighted by molar-refractivity contribution is -0.402. The highest BCUT2D eigenvalue weighted by Gasteiger charge is 2.20. The van der Waals surface area contributed by atoms with E-state index in [9.17, 15) is 19.7 Å². The number of furan rings is 1. The van der Waals surface area contributed by atoms with E-state index < -0.39 is 23.4 Å². The molecule has 1 heterocycles. The van der Waals surface area contributed by atoms with E-state index in [1.54, 1.807) is 0 Å². The summed E-state index contributed by atoms with van der Waals surface area (Å²) >= 11 is 0. The van der Waals surface area contributed by atoms with Crippen LogP contribution in [0.2, 0.25) is 0 Å². The monoisotopic (exact) mass is 324 g/mol. The molecule has 0 aliphatic heterocycles. The van der Waals surface area contributed by atoms with Crippen molar-refractivity contribution in [2.45, 2.75) is 51.0 Å². The first-order valence-electron chi connectivity index (χ1n) is 7.77. The van der Waals surface area contributed by atoms with Gasteiger partial charge in [0.2, 0.25) is 5.76 Å². The van der Waals surface area contributed by atoms with Crippen LogP contribution in [0.3, 0.4) is 0 Å². The maximum atomic E-state index is 11.8. The zero-order valence-corrected chi connectivity index (χ0v) is 12.8. The van der Waals surface area contributed by atoms with E-state index in [1.165, 1.54) is 19.3 Å². The van der Waals surface area contributed by atoms with Crippen LogP contribution >= 0.6 is 0 Å². The summed E-state index contributed by atoms with van der Waals surface area (Å²) in [6.07, 6.45) is 7.64. The van der Waals surface area contributed by atoms with Gasteiger partial charge in [-0.1, -0.05) is 32.1 Å². The Hall–Kier alpha value is -2.38. The van der Waals surface area contributed by atoms with Gasteiger partial charge in [0, 0.05) is 6.04 Å². The van der Waals surface area contributed by atoms with E-state index in [1.807, 2.05) is 0 Å². The van der Waals surface area contributed by atoms with Crippen LogP contribution in [0.15, 0.2) is 16.5 Å². The van der Waals surface area contributed by atoms with Crippen molar-refractivity contribution in [3.63, 3.8) is 0 Å². The second-order valence-electron chi connectivity index (χ2n) is 5.58. The molecule has 23 heavy (non-hydrogen) atoms. The summed E-state index contributed by atoms with van der Waals surface area (Å²) < 4.78 is 9.53. The maximum absolute atomic E-state index is 11.8. The number of hydrogen-bond acceptors (Lipinski definition) is 6. The summed E-state index contributed by atoms with van der Waals surface area (Å²) in [4.78, 5) is 33.2. The lowest BCUT2D eigenvalue weighted by atomic mass is 9.97. The van der Waals surface area contributed by atoms with Crippen LogP contribution in [0.1, 0.15) is 55.5 Å². The van der Waals surface area contributed by atoms with E-state index >= 15 is 0 Å². The zero-order chi connectivity index (χ0) is 16.7. The number of carbonyl (C=O) groups excluding carboxylic acids is 2. The highest BCUT2D eigenvalue weighted by atomic mass is 16.7. The summed E-state index contributed by atoms with van der Waals surface area (Å²) in [5, 5.41) is 13.3. The van der Waals surface area contributed by atoms with Crippen molar-refractivity contribution < 1.29 is 23.7 Å². The van der Waals surface area contributed by atoms with Crippen LogP contribution in [0.5, 0.6) is 0 Å². The van der Waals surface area contributed by atoms with E-state index in [4.69, 9.17) is 9.15 Å². The van der Waals surface area contributed by atoms with Gasteiger partial charge in [-0.15, -0.1) is 0 Å². The van der Waals surface area contributed by atoms with Gasteiger partial charge in [-0.05, 0) is 18.9 Å². The summed E-state index contributed by atoms with van der Waals surface area (Å²) in [6.45, 7) is -0.427. The number of nitro groups is 1. The van der Waals surface area contributed by atoms with Gasteiger partial charge in [0.05, 0.1) is 6.07 Å². The van der Waals surface area contributed by atoms with Crippen molar-refractivity contribution in [2.75, 3.05) is 6.61 Å². The van der Waals surface area contributed by atoms with Gasteiger partial charge in [0.25, 0.3) is 5.91 Å². The minimum Gasteiger partial charge on any atom is -0.450 e.